The van der Waals surface area contributed by atoms with Crippen LogP contribution in [0.4, 0.5) is 4.39 Å². The molecule has 0 bridgehead atoms. The van der Waals surface area contributed by atoms with Crippen LogP contribution >= 0.6 is 0 Å². The highest BCUT2D eigenvalue weighted by molar-refractivity contribution is 5.79. The Morgan fingerprint density at radius 3 is 1.98 bits per heavy atom. The third-order valence-electron chi connectivity index (χ3n) is 8.26. The van der Waals surface area contributed by atoms with Gasteiger partial charge in [0.25, 0.3) is 5.56 Å². The Bertz CT molecular complexity index is 1270. The first-order chi connectivity index (χ1) is 20.5. The SMILES string of the molecule is CCCCCCCCCCCCCC(=O)N(CCCCC)C(CC)c1nc2ccccc2c(=O)n1-c1ccc(F)cc1. The molecule has 6 heteroatoms. The zero-order valence-corrected chi connectivity index (χ0v) is 26.3. The topological polar surface area (TPSA) is 55.2 Å². The lowest BCUT2D eigenvalue weighted by atomic mass is 10.0. The standard InChI is InChI=1S/C36H52FN3O2/c1-4-7-9-10-11-12-13-14-15-16-17-23-34(41)39(28-20-8-5-2)33(6-3)35-38-32-22-19-18-21-31(32)36(42)40(35)30-26-24-29(37)25-27-30/h18-19,21-22,24-27,33H,4-17,20,23,28H2,1-3H3. The highest BCUT2D eigenvalue weighted by Crippen LogP contribution is 2.28. The number of benzene rings is 2. The van der Waals surface area contributed by atoms with Crippen molar-refractivity contribution in [3.63, 3.8) is 0 Å². The molecule has 0 aliphatic rings. The molecule has 3 rings (SSSR count). The molecular formula is C36H52FN3O2. The van der Waals surface area contributed by atoms with E-state index in [9.17, 15) is 14.0 Å². The molecule has 0 radical (unpaired) electrons. The molecule has 0 N–H and O–H groups in total. The number of amides is 1. The van der Waals surface area contributed by atoms with Crippen molar-refractivity contribution in [2.45, 2.75) is 130 Å². The largest absolute Gasteiger partial charge is 0.333 e. The molecule has 3 aromatic rings. The van der Waals surface area contributed by atoms with Crippen LogP contribution in [0.5, 0.6) is 0 Å². The number of para-hydroxylation sites is 1. The molecule has 0 saturated heterocycles. The lowest BCUT2D eigenvalue weighted by molar-refractivity contribution is -0.134. The molecule has 1 atom stereocenters. The van der Waals surface area contributed by atoms with Gasteiger partial charge in [-0.15, -0.1) is 0 Å². The van der Waals surface area contributed by atoms with E-state index in [0.717, 1.165) is 32.1 Å². The van der Waals surface area contributed by atoms with Crippen molar-refractivity contribution in [1.82, 2.24) is 14.5 Å². The Hall–Kier alpha value is -3.02. The van der Waals surface area contributed by atoms with Gasteiger partial charge >= 0.3 is 0 Å². The molecule has 0 aliphatic carbocycles. The van der Waals surface area contributed by atoms with Gasteiger partial charge in [0.1, 0.15) is 11.6 Å². The van der Waals surface area contributed by atoms with Gasteiger partial charge in [-0.2, -0.15) is 0 Å². The van der Waals surface area contributed by atoms with Crippen LogP contribution in [0.2, 0.25) is 0 Å². The monoisotopic (exact) mass is 577 g/mol. The van der Waals surface area contributed by atoms with E-state index >= 15 is 0 Å². The molecular weight excluding hydrogens is 525 g/mol. The van der Waals surface area contributed by atoms with Gasteiger partial charge in [-0.3, -0.25) is 14.2 Å². The van der Waals surface area contributed by atoms with Crippen molar-refractivity contribution in [2.75, 3.05) is 6.54 Å². The second kappa shape index (κ2) is 18.5. The van der Waals surface area contributed by atoms with Crippen molar-refractivity contribution in [3.8, 4) is 5.69 Å². The summed E-state index contributed by atoms with van der Waals surface area (Å²) in [4.78, 5) is 34.5. The number of aromatic nitrogens is 2. The number of fused-ring (bicyclic) bond motifs is 1. The van der Waals surface area contributed by atoms with Crippen LogP contribution in [0.15, 0.2) is 53.3 Å². The molecule has 1 heterocycles. The van der Waals surface area contributed by atoms with Gasteiger partial charge < -0.3 is 4.90 Å². The van der Waals surface area contributed by atoms with E-state index in [-0.39, 0.29) is 23.3 Å². The molecule has 0 spiro atoms. The molecule has 230 valence electrons. The van der Waals surface area contributed by atoms with Crippen LogP contribution in [0, 0.1) is 5.82 Å². The van der Waals surface area contributed by atoms with Crippen molar-refractivity contribution >= 4 is 16.8 Å². The molecule has 1 unspecified atom stereocenters. The van der Waals surface area contributed by atoms with Gasteiger partial charge in [0.2, 0.25) is 5.91 Å². The number of hydrogen-bond donors (Lipinski definition) is 0. The zero-order chi connectivity index (χ0) is 30.2. The van der Waals surface area contributed by atoms with E-state index in [2.05, 4.69) is 13.8 Å². The number of halogens is 1. The summed E-state index contributed by atoms with van der Waals surface area (Å²) in [5, 5.41) is 0.505. The van der Waals surface area contributed by atoms with E-state index in [1.165, 1.54) is 69.9 Å². The third-order valence-corrected chi connectivity index (χ3v) is 8.26. The zero-order valence-electron chi connectivity index (χ0n) is 26.3. The van der Waals surface area contributed by atoms with Crippen LogP contribution in [0.3, 0.4) is 0 Å². The predicted octanol–water partition coefficient (Wildman–Crippen LogP) is 9.70. The number of carbonyl (C=O) groups is 1. The summed E-state index contributed by atoms with van der Waals surface area (Å²) in [5.41, 5.74) is 0.965. The fourth-order valence-corrected chi connectivity index (χ4v) is 5.83. The summed E-state index contributed by atoms with van der Waals surface area (Å²) in [7, 11) is 0. The van der Waals surface area contributed by atoms with Gasteiger partial charge in [-0.25, -0.2) is 9.37 Å². The second-order valence-corrected chi connectivity index (χ2v) is 11.6. The van der Waals surface area contributed by atoms with Gasteiger partial charge in [0.05, 0.1) is 22.6 Å². The van der Waals surface area contributed by atoms with E-state index < -0.39 is 0 Å². The normalized spacial score (nSPS) is 12.1. The van der Waals surface area contributed by atoms with Crippen molar-refractivity contribution in [1.29, 1.82) is 0 Å². The van der Waals surface area contributed by atoms with Gasteiger partial charge in [-0.05, 0) is 55.7 Å². The molecule has 0 aliphatic heterocycles. The summed E-state index contributed by atoms with van der Waals surface area (Å²) in [6.07, 6.45) is 17.8. The summed E-state index contributed by atoms with van der Waals surface area (Å²) in [6, 6.07) is 12.9. The minimum atomic E-state index is -0.363. The van der Waals surface area contributed by atoms with Crippen molar-refractivity contribution < 1.29 is 9.18 Å². The van der Waals surface area contributed by atoms with Crippen LogP contribution in [0.1, 0.15) is 135 Å². The molecule has 42 heavy (non-hydrogen) atoms. The van der Waals surface area contributed by atoms with E-state index in [1.54, 1.807) is 22.8 Å². The smallest absolute Gasteiger partial charge is 0.266 e. The first-order valence-electron chi connectivity index (χ1n) is 16.6. The Morgan fingerprint density at radius 1 is 0.786 bits per heavy atom. The molecule has 0 fully saturated rings. The minimum absolute atomic E-state index is 0.127. The summed E-state index contributed by atoms with van der Waals surface area (Å²) < 4.78 is 15.4. The van der Waals surface area contributed by atoms with Crippen LogP contribution in [0.25, 0.3) is 16.6 Å². The molecule has 2 aromatic carbocycles. The number of unbranched alkanes of at least 4 members (excludes halogenated alkanes) is 12. The van der Waals surface area contributed by atoms with Crippen molar-refractivity contribution in [2.24, 2.45) is 0 Å². The number of nitrogens with zero attached hydrogens (tertiary/aromatic N) is 3. The fraction of sp³-hybridized carbons (Fsp3) is 0.583. The van der Waals surface area contributed by atoms with Crippen molar-refractivity contribution in [3.05, 3.63) is 70.5 Å². The van der Waals surface area contributed by atoms with E-state index in [4.69, 9.17) is 4.98 Å². The molecule has 1 aromatic heterocycles. The maximum atomic E-state index is 13.8. The van der Waals surface area contributed by atoms with Crippen LogP contribution in [-0.4, -0.2) is 26.9 Å². The lowest BCUT2D eigenvalue weighted by Gasteiger charge is -2.32. The summed E-state index contributed by atoms with van der Waals surface area (Å²) in [5.74, 6) is 0.302. The Labute approximate surface area is 252 Å². The van der Waals surface area contributed by atoms with Gasteiger partial charge in [0.15, 0.2) is 0 Å². The van der Waals surface area contributed by atoms with Crippen LogP contribution < -0.4 is 5.56 Å². The summed E-state index contributed by atoms with van der Waals surface area (Å²) in [6.45, 7) is 7.09. The Morgan fingerprint density at radius 2 is 1.36 bits per heavy atom. The van der Waals surface area contributed by atoms with E-state index in [0.29, 0.717) is 41.8 Å². The molecule has 0 saturated carbocycles. The average molecular weight is 578 g/mol. The number of carbonyl (C=O) groups excluding carboxylic acids is 1. The second-order valence-electron chi connectivity index (χ2n) is 11.6. The Balaban J connectivity index is 1.76. The first-order valence-corrected chi connectivity index (χ1v) is 16.6. The Kier molecular flexibility index (Phi) is 14.8. The number of rotatable bonds is 20. The first kappa shape index (κ1) is 33.5. The lowest BCUT2D eigenvalue weighted by Crippen LogP contribution is -2.39. The highest BCUT2D eigenvalue weighted by Gasteiger charge is 2.28. The third kappa shape index (κ3) is 9.78. The highest BCUT2D eigenvalue weighted by atomic mass is 19.1. The summed E-state index contributed by atoms with van der Waals surface area (Å²) >= 11 is 0. The number of hydrogen-bond acceptors (Lipinski definition) is 3. The predicted molar refractivity (Wildman–Crippen MR) is 173 cm³/mol. The maximum absolute atomic E-state index is 13.8. The fourth-order valence-electron chi connectivity index (χ4n) is 5.83. The minimum Gasteiger partial charge on any atom is -0.333 e. The average Bonchev–Trinajstić information content (AvgIpc) is 3.00. The van der Waals surface area contributed by atoms with Gasteiger partial charge in [0, 0.05) is 13.0 Å². The van der Waals surface area contributed by atoms with E-state index in [1.807, 2.05) is 30.0 Å². The van der Waals surface area contributed by atoms with Crippen LogP contribution in [-0.2, 0) is 4.79 Å². The molecule has 5 nitrogen and oxygen atoms in total. The maximum Gasteiger partial charge on any atom is 0.266 e. The van der Waals surface area contributed by atoms with Gasteiger partial charge in [-0.1, -0.05) is 110 Å². The molecule has 1 amide bonds. The quantitative estimate of drug-likeness (QED) is 0.126.